The average Bonchev–Trinajstić information content (AvgIpc) is 2.94. The summed E-state index contributed by atoms with van der Waals surface area (Å²) >= 11 is 0. The number of benzene rings is 1. The predicted molar refractivity (Wildman–Crippen MR) is 105 cm³/mol. The predicted octanol–water partition coefficient (Wildman–Crippen LogP) is 3.32. The fourth-order valence-corrected chi connectivity index (χ4v) is 4.13. The van der Waals surface area contributed by atoms with Gasteiger partial charge >= 0.3 is 6.30 Å². The monoisotopic (exact) mass is 413 g/mol. The van der Waals surface area contributed by atoms with E-state index >= 15 is 0 Å². The molecule has 2 aliphatic rings. The second-order valence-corrected chi connectivity index (χ2v) is 7.85. The first-order chi connectivity index (χ1) is 13.8. The smallest absolute Gasteiger partial charge is 0.459 e. The van der Waals surface area contributed by atoms with Crippen molar-refractivity contribution in [3.63, 3.8) is 0 Å². The highest BCUT2D eigenvalue weighted by Crippen LogP contribution is 2.34. The second kappa shape index (κ2) is 9.80. The molecule has 2 fully saturated rings. The van der Waals surface area contributed by atoms with Crippen LogP contribution in [0.4, 0.5) is 13.2 Å². The van der Waals surface area contributed by atoms with Crippen molar-refractivity contribution in [2.24, 2.45) is 0 Å². The van der Waals surface area contributed by atoms with E-state index in [0.29, 0.717) is 24.3 Å². The molecule has 0 N–H and O–H groups in total. The highest BCUT2D eigenvalue weighted by Gasteiger charge is 2.39. The molecule has 0 unspecified atom stereocenters. The number of likely N-dealkylation sites (tertiary alicyclic amines) is 1. The molecule has 1 aromatic carbocycles. The van der Waals surface area contributed by atoms with Crippen LogP contribution < -0.4 is 4.74 Å². The minimum Gasteiger partial charge on any atom is -0.492 e. The Morgan fingerprint density at radius 3 is 2.55 bits per heavy atom. The standard InChI is InChI=1S/C21H30F3N3O2/c1-17(28)26-9-3-8-25(12-13-26)14-15-29-20-5-2-4-19(16-20)18-6-10-27(11-7-18)21(22,23)24/h2,4-5,16,18H,3,6-15H2,1H3. The van der Waals surface area contributed by atoms with Gasteiger partial charge in [-0.3, -0.25) is 9.69 Å². The van der Waals surface area contributed by atoms with E-state index in [0.717, 1.165) is 50.5 Å². The molecule has 0 bridgehead atoms. The molecule has 29 heavy (non-hydrogen) atoms. The Hall–Kier alpha value is -1.80. The Morgan fingerprint density at radius 1 is 1.10 bits per heavy atom. The number of amides is 1. The molecular formula is C21H30F3N3O2. The van der Waals surface area contributed by atoms with E-state index in [9.17, 15) is 18.0 Å². The van der Waals surface area contributed by atoms with Crippen LogP contribution >= 0.6 is 0 Å². The molecule has 5 nitrogen and oxygen atoms in total. The van der Waals surface area contributed by atoms with Crippen molar-refractivity contribution in [3.8, 4) is 5.75 Å². The third-order valence-electron chi connectivity index (χ3n) is 5.89. The van der Waals surface area contributed by atoms with Gasteiger partial charge in [0.15, 0.2) is 0 Å². The molecule has 1 aromatic rings. The first-order valence-electron chi connectivity index (χ1n) is 10.4. The van der Waals surface area contributed by atoms with Crippen LogP contribution in [0.2, 0.25) is 0 Å². The zero-order valence-corrected chi connectivity index (χ0v) is 17.0. The molecular weight excluding hydrogens is 383 g/mol. The topological polar surface area (TPSA) is 36.0 Å². The van der Waals surface area contributed by atoms with Crippen LogP contribution in [0.15, 0.2) is 24.3 Å². The number of nitrogens with zero attached hydrogens (tertiary/aromatic N) is 3. The molecule has 1 amide bonds. The van der Waals surface area contributed by atoms with Gasteiger partial charge in [0.2, 0.25) is 5.91 Å². The lowest BCUT2D eigenvalue weighted by Gasteiger charge is -2.33. The van der Waals surface area contributed by atoms with Crippen molar-refractivity contribution in [2.45, 2.75) is 38.4 Å². The Kier molecular flexibility index (Phi) is 7.40. The van der Waals surface area contributed by atoms with Gasteiger partial charge in [0, 0.05) is 52.7 Å². The van der Waals surface area contributed by atoms with Crippen molar-refractivity contribution in [3.05, 3.63) is 29.8 Å². The third kappa shape index (κ3) is 6.34. The van der Waals surface area contributed by atoms with Gasteiger partial charge < -0.3 is 9.64 Å². The number of carbonyl (C=O) groups is 1. The molecule has 8 heteroatoms. The molecule has 0 saturated carbocycles. The van der Waals surface area contributed by atoms with Crippen molar-refractivity contribution in [2.75, 3.05) is 52.4 Å². The molecule has 0 radical (unpaired) electrons. The maximum Gasteiger partial charge on any atom is 0.459 e. The molecule has 2 heterocycles. The molecule has 0 atom stereocenters. The lowest BCUT2D eigenvalue weighted by Crippen LogP contribution is -2.43. The maximum atomic E-state index is 12.8. The summed E-state index contributed by atoms with van der Waals surface area (Å²) in [5, 5.41) is 0. The SMILES string of the molecule is CC(=O)N1CCCN(CCOc2cccc(C3CCN(C(F)(F)F)CC3)c2)CC1. The molecule has 3 rings (SSSR count). The number of rotatable bonds is 5. The van der Waals surface area contributed by atoms with E-state index in [1.807, 2.05) is 29.2 Å². The number of alkyl halides is 3. The van der Waals surface area contributed by atoms with Crippen LogP contribution in [0, 0.1) is 0 Å². The van der Waals surface area contributed by atoms with Crippen LogP contribution in [0.1, 0.15) is 37.7 Å². The fraction of sp³-hybridized carbons (Fsp3) is 0.667. The van der Waals surface area contributed by atoms with Gasteiger partial charge in [-0.25, -0.2) is 4.90 Å². The van der Waals surface area contributed by atoms with Crippen molar-refractivity contribution in [1.82, 2.24) is 14.7 Å². The first kappa shape index (κ1) is 21.9. The van der Waals surface area contributed by atoms with Gasteiger partial charge in [0.05, 0.1) is 0 Å². The van der Waals surface area contributed by atoms with E-state index in [4.69, 9.17) is 4.74 Å². The highest BCUT2D eigenvalue weighted by molar-refractivity contribution is 5.73. The van der Waals surface area contributed by atoms with E-state index in [1.165, 1.54) is 0 Å². The fourth-order valence-electron chi connectivity index (χ4n) is 4.13. The van der Waals surface area contributed by atoms with E-state index in [2.05, 4.69) is 4.90 Å². The van der Waals surface area contributed by atoms with Crippen molar-refractivity contribution in [1.29, 1.82) is 0 Å². The average molecular weight is 413 g/mol. The Bertz CT molecular complexity index is 675. The summed E-state index contributed by atoms with van der Waals surface area (Å²) in [6.45, 7) is 6.40. The number of ether oxygens (including phenoxy) is 1. The minimum atomic E-state index is -4.23. The second-order valence-electron chi connectivity index (χ2n) is 7.85. The summed E-state index contributed by atoms with van der Waals surface area (Å²) in [4.78, 5) is 16.3. The summed E-state index contributed by atoms with van der Waals surface area (Å²) in [7, 11) is 0. The Labute approximate surface area is 170 Å². The molecule has 2 saturated heterocycles. The molecule has 162 valence electrons. The number of halogens is 3. The molecule has 0 aliphatic carbocycles. The van der Waals surface area contributed by atoms with E-state index in [-0.39, 0.29) is 24.9 Å². The summed E-state index contributed by atoms with van der Waals surface area (Å²) in [6.07, 6.45) is -2.26. The minimum absolute atomic E-state index is 0.0471. The summed E-state index contributed by atoms with van der Waals surface area (Å²) < 4.78 is 44.3. The normalized spacial score (nSPS) is 20.5. The molecule has 0 aromatic heterocycles. The summed E-state index contributed by atoms with van der Waals surface area (Å²) in [5.41, 5.74) is 1.05. The zero-order valence-electron chi connectivity index (χ0n) is 17.0. The van der Waals surface area contributed by atoms with Crippen LogP contribution in [0.25, 0.3) is 0 Å². The number of hydrogen-bond acceptors (Lipinski definition) is 4. The van der Waals surface area contributed by atoms with Crippen molar-refractivity contribution >= 4 is 5.91 Å². The lowest BCUT2D eigenvalue weighted by molar-refractivity contribution is -0.250. The Balaban J connectivity index is 1.45. The van der Waals surface area contributed by atoms with Gasteiger partial charge in [-0.05, 0) is 42.9 Å². The van der Waals surface area contributed by atoms with Crippen LogP contribution in [0.3, 0.4) is 0 Å². The number of piperidine rings is 1. The lowest BCUT2D eigenvalue weighted by atomic mass is 9.89. The number of carbonyl (C=O) groups excluding carboxylic acids is 1. The molecule has 2 aliphatic heterocycles. The third-order valence-corrected chi connectivity index (χ3v) is 5.89. The number of hydrogen-bond donors (Lipinski definition) is 0. The van der Waals surface area contributed by atoms with Crippen LogP contribution in [0.5, 0.6) is 5.75 Å². The molecule has 0 spiro atoms. The van der Waals surface area contributed by atoms with E-state index in [1.54, 1.807) is 6.92 Å². The Morgan fingerprint density at radius 2 is 1.86 bits per heavy atom. The van der Waals surface area contributed by atoms with Crippen LogP contribution in [-0.2, 0) is 4.79 Å². The maximum absolute atomic E-state index is 12.8. The quantitative estimate of drug-likeness (QED) is 0.694. The van der Waals surface area contributed by atoms with E-state index < -0.39 is 6.30 Å². The van der Waals surface area contributed by atoms with Gasteiger partial charge in [-0.1, -0.05) is 12.1 Å². The van der Waals surface area contributed by atoms with Gasteiger partial charge in [-0.2, -0.15) is 13.2 Å². The van der Waals surface area contributed by atoms with Gasteiger partial charge in [-0.15, -0.1) is 0 Å². The van der Waals surface area contributed by atoms with Gasteiger partial charge in [0.25, 0.3) is 0 Å². The summed E-state index contributed by atoms with van der Waals surface area (Å²) in [6, 6.07) is 7.76. The first-order valence-corrected chi connectivity index (χ1v) is 10.4. The summed E-state index contributed by atoms with van der Waals surface area (Å²) in [5.74, 6) is 1.03. The largest absolute Gasteiger partial charge is 0.492 e. The van der Waals surface area contributed by atoms with Crippen LogP contribution in [-0.4, -0.2) is 79.3 Å². The highest BCUT2D eigenvalue weighted by atomic mass is 19.4. The zero-order chi connectivity index (χ0) is 20.9. The van der Waals surface area contributed by atoms with Gasteiger partial charge in [0.1, 0.15) is 12.4 Å². The van der Waals surface area contributed by atoms with Crippen molar-refractivity contribution < 1.29 is 22.7 Å².